The van der Waals surface area contributed by atoms with Crippen molar-refractivity contribution >= 4 is 33.6 Å². The molecule has 7 heteroatoms. The molecule has 2 aromatic rings. The number of rotatable bonds is 5. The number of ether oxygens (including phenoxy) is 2. The molecule has 0 aromatic heterocycles. The number of methoxy groups -OCH3 is 2. The Morgan fingerprint density at radius 2 is 1.92 bits per heavy atom. The Kier molecular flexibility index (Phi) is 6.03. The van der Waals surface area contributed by atoms with E-state index in [4.69, 9.17) is 9.47 Å². The topological polar surface area (TPSA) is 91.6 Å². The molecule has 2 N–H and O–H groups in total. The fraction of sp³-hybridized carbons (Fsp3) is 0.111. The lowest BCUT2D eigenvalue weighted by Gasteiger charge is -2.10. The van der Waals surface area contributed by atoms with Gasteiger partial charge in [-0.05, 0) is 51.8 Å². The number of aromatic hydroxyl groups is 1. The van der Waals surface area contributed by atoms with E-state index in [0.29, 0.717) is 21.5 Å². The van der Waals surface area contributed by atoms with Gasteiger partial charge in [-0.15, -0.1) is 0 Å². The lowest BCUT2D eigenvalue weighted by atomic mass is 10.1. The lowest BCUT2D eigenvalue weighted by Crippen LogP contribution is -2.14. The Morgan fingerprint density at radius 1 is 1.24 bits per heavy atom. The molecule has 0 spiro atoms. The molecule has 1 amide bonds. The van der Waals surface area contributed by atoms with Crippen LogP contribution in [0, 0.1) is 11.3 Å². The normalized spacial score (nSPS) is 10.7. The molecule has 6 nitrogen and oxygen atoms in total. The molecule has 0 aliphatic carbocycles. The Hall–Kier alpha value is -2.98. The first kappa shape index (κ1) is 18.4. The number of para-hydroxylation sites is 2. The van der Waals surface area contributed by atoms with Gasteiger partial charge in [-0.3, -0.25) is 4.79 Å². The first-order valence-corrected chi connectivity index (χ1v) is 7.92. The van der Waals surface area contributed by atoms with Gasteiger partial charge in [0.2, 0.25) is 0 Å². The average Bonchev–Trinajstić information content (AvgIpc) is 2.62. The molecule has 25 heavy (non-hydrogen) atoms. The maximum absolute atomic E-state index is 12.4. The van der Waals surface area contributed by atoms with Crippen LogP contribution in [-0.4, -0.2) is 25.2 Å². The fourth-order valence-electron chi connectivity index (χ4n) is 2.09. The van der Waals surface area contributed by atoms with E-state index >= 15 is 0 Å². The predicted molar refractivity (Wildman–Crippen MR) is 97.6 cm³/mol. The fourth-order valence-corrected chi connectivity index (χ4v) is 2.55. The van der Waals surface area contributed by atoms with Crippen molar-refractivity contribution in [1.82, 2.24) is 0 Å². The van der Waals surface area contributed by atoms with Gasteiger partial charge in [0.15, 0.2) is 11.5 Å². The third-order valence-corrected chi connectivity index (χ3v) is 3.91. The Morgan fingerprint density at radius 3 is 2.56 bits per heavy atom. The van der Waals surface area contributed by atoms with Crippen LogP contribution < -0.4 is 14.8 Å². The van der Waals surface area contributed by atoms with Gasteiger partial charge in [0, 0.05) is 0 Å². The van der Waals surface area contributed by atoms with Crippen molar-refractivity contribution in [1.29, 1.82) is 5.26 Å². The van der Waals surface area contributed by atoms with Gasteiger partial charge in [-0.1, -0.05) is 12.1 Å². The summed E-state index contributed by atoms with van der Waals surface area (Å²) in [5, 5.41) is 21.8. The van der Waals surface area contributed by atoms with Crippen molar-refractivity contribution in [3.8, 4) is 23.3 Å². The maximum Gasteiger partial charge on any atom is 0.266 e. The molecule has 0 saturated heterocycles. The van der Waals surface area contributed by atoms with Gasteiger partial charge in [-0.2, -0.15) is 5.26 Å². The van der Waals surface area contributed by atoms with Crippen LogP contribution in [0.25, 0.3) is 6.08 Å². The summed E-state index contributed by atoms with van der Waals surface area (Å²) >= 11 is 3.20. The molecule has 0 aliphatic rings. The number of carbonyl (C=O) groups excluding carboxylic acids is 1. The number of nitriles is 1. The number of phenols is 1. The first-order chi connectivity index (χ1) is 12.0. The third kappa shape index (κ3) is 4.31. The molecule has 0 saturated carbocycles. The van der Waals surface area contributed by atoms with Crippen molar-refractivity contribution in [2.75, 3.05) is 19.5 Å². The Balaban J connectivity index is 2.33. The van der Waals surface area contributed by atoms with Gasteiger partial charge >= 0.3 is 0 Å². The van der Waals surface area contributed by atoms with Gasteiger partial charge in [0.25, 0.3) is 5.91 Å². The van der Waals surface area contributed by atoms with E-state index in [9.17, 15) is 15.2 Å². The second-order valence-electron chi connectivity index (χ2n) is 4.88. The molecule has 0 heterocycles. The van der Waals surface area contributed by atoms with Crippen LogP contribution >= 0.6 is 15.9 Å². The number of amides is 1. The quantitative estimate of drug-likeness (QED) is 0.587. The molecule has 0 aliphatic heterocycles. The highest BCUT2D eigenvalue weighted by molar-refractivity contribution is 9.10. The smallest absolute Gasteiger partial charge is 0.266 e. The molecule has 0 fully saturated rings. The number of nitrogens with zero attached hydrogens (tertiary/aromatic N) is 1. The second kappa shape index (κ2) is 8.22. The monoisotopic (exact) mass is 402 g/mol. The minimum Gasteiger partial charge on any atom is -0.503 e. The summed E-state index contributed by atoms with van der Waals surface area (Å²) in [5.74, 6) is 0.0806. The van der Waals surface area contributed by atoms with Crippen molar-refractivity contribution in [3.05, 3.63) is 52.0 Å². The number of nitrogens with one attached hydrogen (secondary N) is 1. The van der Waals surface area contributed by atoms with Gasteiger partial charge in [-0.25, -0.2) is 0 Å². The summed E-state index contributed by atoms with van der Waals surface area (Å²) in [6.45, 7) is 0. The van der Waals surface area contributed by atoms with Crippen LogP contribution in [0.1, 0.15) is 5.56 Å². The highest BCUT2D eigenvalue weighted by atomic mass is 79.9. The largest absolute Gasteiger partial charge is 0.503 e. The summed E-state index contributed by atoms with van der Waals surface area (Å²) < 4.78 is 10.6. The number of halogens is 1. The number of anilines is 1. The number of hydrogen-bond acceptors (Lipinski definition) is 5. The minimum atomic E-state index is -0.574. The summed E-state index contributed by atoms with van der Waals surface area (Å²) in [4.78, 5) is 12.4. The van der Waals surface area contributed by atoms with Crippen LogP contribution in [0.5, 0.6) is 17.2 Å². The Labute approximate surface area is 153 Å². The van der Waals surface area contributed by atoms with E-state index in [0.717, 1.165) is 0 Å². The molecule has 0 atom stereocenters. The van der Waals surface area contributed by atoms with Crippen molar-refractivity contribution in [2.24, 2.45) is 0 Å². The summed E-state index contributed by atoms with van der Waals surface area (Å²) in [6, 6.07) is 11.9. The average molecular weight is 403 g/mol. The van der Waals surface area contributed by atoms with E-state index in [1.165, 1.54) is 26.4 Å². The van der Waals surface area contributed by atoms with Crippen molar-refractivity contribution in [3.63, 3.8) is 0 Å². The van der Waals surface area contributed by atoms with Crippen molar-refractivity contribution in [2.45, 2.75) is 0 Å². The first-order valence-electron chi connectivity index (χ1n) is 7.12. The van der Waals surface area contributed by atoms with Gasteiger partial charge < -0.3 is 19.9 Å². The van der Waals surface area contributed by atoms with Crippen LogP contribution in [-0.2, 0) is 4.79 Å². The summed E-state index contributed by atoms with van der Waals surface area (Å²) in [5.41, 5.74) is 0.874. The summed E-state index contributed by atoms with van der Waals surface area (Å²) in [7, 11) is 2.90. The lowest BCUT2D eigenvalue weighted by molar-refractivity contribution is -0.112. The predicted octanol–water partition coefficient (Wildman–Crippen LogP) is 3.72. The van der Waals surface area contributed by atoms with E-state index < -0.39 is 5.91 Å². The molecule has 0 unspecified atom stereocenters. The number of carbonyl (C=O) groups is 1. The zero-order valence-electron chi connectivity index (χ0n) is 13.5. The molecular weight excluding hydrogens is 388 g/mol. The third-order valence-electron chi connectivity index (χ3n) is 3.30. The molecule has 128 valence electrons. The van der Waals surface area contributed by atoms with Crippen LogP contribution in [0.3, 0.4) is 0 Å². The highest BCUT2D eigenvalue weighted by Crippen LogP contribution is 2.35. The summed E-state index contributed by atoms with van der Waals surface area (Å²) in [6.07, 6.45) is 1.40. The van der Waals surface area contributed by atoms with E-state index in [2.05, 4.69) is 21.2 Å². The molecule has 0 bridgehead atoms. The number of phenolic OH excluding ortho intramolecular Hbond substituents is 1. The Bertz CT molecular complexity index is 872. The second-order valence-corrected chi connectivity index (χ2v) is 5.73. The molecule has 2 rings (SSSR count). The standard InChI is InChI=1S/C18H15BrN2O4/c1-24-15-6-4-3-5-14(15)21-18(23)12(10-20)7-11-8-13(19)17(22)16(9-11)25-2/h3-9,22H,1-2H3,(H,21,23). The van der Waals surface area contributed by atoms with E-state index in [-0.39, 0.29) is 17.1 Å². The van der Waals surface area contributed by atoms with E-state index in [1.54, 1.807) is 30.3 Å². The van der Waals surface area contributed by atoms with Gasteiger partial charge in [0.1, 0.15) is 17.4 Å². The zero-order valence-corrected chi connectivity index (χ0v) is 15.1. The van der Waals surface area contributed by atoms with Crippen LogP contribution in [0.2, 0.25) is 0 Å². The number of benzene rings is 2. The van der Waals surface area contributed by atoms with Crippen molar-refractivity contribution < 1.29 is 19.4 Å². The highest BCUT2D eigenvalue weighted by Gasteiger charge is 2.14. The molecule has 2 aromatic carbocycles. The van der Waals surface area contributed by atoms with E-state index in [1.807, 2.05) is 6.07 Å². The van der Waals surface area contributed by atoms with Gasteiger partial charge in [0.05, 0.1) is 24.4 Å². The number of hydrogen-bond donors (Lipinski definition) is 2. The molecule has 0 radical (unpaired) electrons. The SMILES string of the molecule is COc1ccccc1NC(=O)C(C#N)=Cc1cc(Br)c(O)c(OC)c1. The maximum atomic E-state index is 12.4. The molecular formula is C18H15BrN2O4. The zero-order chi connectivity index (χ0) is 18.4. The van der Waals surface area contributed by atoms with Crippen LogP contribution in [0.4, 0.5) is 5.69 Å². The minimum absolute atomic E-state index is 0.0587. The van der Waals surface area contributed by atoms with Crippen LogP contribution in [0.15, 0.2) is 46.4 Å².